The van der Waals surface area contributed by atoms with Gasteiger partial charge in [-0.3, -0.25) is 0 Å². The average Bonchev–Trinajstić information content (AvgIpc) is 2.33. The van der Waals surface area contributed by atoms with E-state index in [0.717, 1.165) is 22.3 Å². The monoisotopic (exact) mass is 291 g/mol. The summed E-state index contributed by atoms with van der Waals surface area (Å²) in [5, 5.41) is 12.9. The third kappa shape index (κ3) is 3.24. The number of hydrogen-bond acceptors (Lipinski definition) is 2. The Morgan fingerprint density at radius 2 is 1.82 bits per heavy atom. The molecule has 3 heteroatoms. The molecule has 0 saturated carbocycles. The zero-order valence-corrected chi connectivity index (χ0v) is 11.2. The second-order valence-corrected chi connectivity index (χ2v) is 4.90. The molecule has 0 aromatic heterocycles. The molecule has 2 aromatic carbocycles. The molecule has 0 spiro atoms. The fourth-order valence-corrected chi connectivity index (χ4v) is 1.79. The molecule has 0 heterocycles. The predicted molar refractivity (Wildman–Crippen MR) is 74.3 cm³/mol. The number of anilines is 1. The highest BCUT2D eigenvalue weighted by Crippen LogP contribution is 2.21. The highest BCUT2D eigenvalue weighted by molar-refractivity contribution is 9.10. The standard InChI is InChI=1S/C14H14BrNO/c1-10-2-7-13(8-14(10)17)16-9-11-3-5-12(15)6-4-11/h2-8,16-17H,9H2,1H3. The van der Waals surface area contributed by atoms with Crippen LogP contribution in [0.2, 0.25) is 0 Å². The number of rotatable bonds is 3. The van der Waals surface area contributed by atoms with Gasteiger partial charge in [0.1, 0.15) is 5.75 Å². The molecule has 2 rings (SSSR count). The molecule has 0 bridgehead atoms. The molecular formula is C14H14BrNO. The second kappa shape index (κ2) is 5.23. The van der Waals surface area contributed by atoms with Gasteiger partial charge in [-0.15, -0.1) is 0 Å². The lowest BCUT2D eigenvalue weighted by Gasteiger charge is -2.08. The van der Waals surface area contributed by atoms with Gasteiger partial charge in [0.15, 0.2) is 0 Å². The van der Waals surface area contributed by atoms with Crippen molar-refractivity contribution in [1.82, 2.24) is 0 Å². The first kappa shape index (κ1) is 12.0. The largest absolute Gasteiger partial charge is 0.508 e. The highest BCUT2D eigenvalue weighted by Gasteiger charge is 1.98. The Hall–Kier alpha value is -1.48. The Morgan fingerprint density at radius 1 is 1.12 bits per heavy atom. The van der Waals surface area contributed by atoms with Crippen LogP contribution < -0.4 is 5.32 Å². The maximum absolute atomic E-state index is 9.59. The minimum absolute atomic E-state index is 0.325. The summed E-state index contributed by atoms with van der Waals surface area (Å²) in [5.74, 6) is 0.325. The summed E-state index contributed by atoms with van der Waals surface area (Å²) >= 11 is 3.41. The quantitative estimate of drug-likeness (QED) is 0.893. The number of nitrogens with one attached hydrogen (secondary N) is 1. The van der Waals surface area contributed by atoms with Gasteiger partial charge in [-0.25, -0.2) is 0 Å². The number of halogens is 1. The molecule has 17 heavy (non-hydrogen) atoms. The summed E-state index contributed by atoms with van der Waals surface area (Å²) in [4.78, 5) is 0. The van der Waals surface area contributed by atoms with Gasteiger partial charge >= 0.3 is 0 Å². The molecule has 2 N–H and O–H groups in total. The molecular weight excluding hydrogens is 278 g/mol. The third-order valence-electron chi connectivity index (χ3n) is 2.62. The SMILES string of the molecule is Cc1ccc(NCc2ccc(Br)cc2)cc1O. The van der Waals surface area contributed by atoms with Crippen LogP contribution in [0.15, 0.2) is 46.9 Å². The minimum Gasteiger partial charge on any atom is -0.508 e. The van der Waals surface area contributed by atoms with Gasteiger partial charge < -0.3 is 10.4 Å². The number of aryl methyl sites for hydroxylation is 1. The molecule has 2 aromatic rings. The number of aromatic hydroxyl groups is 1. The zero-order valence-electron chi connectivity index (χ0n) is 9.57. The maximum atomic E-state index is 9.59. The lowest BCUT2D eigenvalue weighted by Crippen LogP contribution is -1.98. The molecule has 0 fully saturated rings. The molecule has 0 aliphatic carbocycles. The van der Waals surface area contributed by atoms with Gasteiger partial charge in [0, 0.05) is 22.8 Å². The van der Waals surface area contributed by atoms with Crippen molar-refractivity contribution >= 4 is 21.6 Å². The summed E-state index contributed by atoms with van der Waals surface area (Å²) in [6, 6.07) is 13.8. The van der Waals surface area contributed by atoms with Crippen molar-refractivity contribution in [3.63, 3.8) is 0 Å². The number of phenols is 1. The summed E-state index contributed by atoms with van der Waals surface area (Å²) in [6.07, 6.45) is 0. The van der Waals surface area contributed by atoms with E-state index in [9.17, 15) is 5.11 Å². The van der Waals surface area contributed by atoms with Crippen LogP contribution in [0.25, 0.3) is 0 Å². The molecule has 0 amide bonds. The van der Waals surface area contributed by atoms with E-state index in [1.54, 1.807) is 6.07 Å². The van der Waals surface area contributed by atoms with Gasteiger partial charge in [0.2, 0.25) is 0 Å². The normalized spacial score (nSPS) is 10.2. The fourth-order valence-electron chi connectivity index (χ4n) is 1.53. The van der Waals surface area contributed by atoms with Crippen molar-refractivity contribution in [1.29, 1.82) is 0 Å². The predicted octanol–water partition coefficient (Wildman–Crippen LogP) is 4.08. The van der Waals surface area contributed by atoms with Crippen molar-refractivity contribution in [3.05, 3.63) is 58.1 Å². The molecule has 0 unspecified atom stereocenters. The van der Waals surface area contributed by atoms with Crippen LogP contribution in [-0.2, 0) is 6.54 Å². The summed E-state index contributed by atoms with van der Waals surface area (Å²) in [6.45, 7) is 2.63. The summed E-state index contributed by atoms with van der Waals surface area (Å²) in [7, 11) is 0. The maximum Gasteiger partial charge on any atom is 0.120 e. The Bertz CT molecular complexity index is 508. The Labute approximate surface area is 109 Å². The van der Waals surface area contributed by atoms with E-state index in [1.165, 1.54) is 5.56 Å². The lowest BCUT2D eigenvalue weighted by atomic mass is 10.2. The highest BCUT2D eigenvalue weighted by atomic mass is 79.9. The van der Waals surface area contributed by atoms with Crippen LogP contribution in [0.5, 0.6) is 5.75 Å². The van der Waals surface area contributed by atoms with Crippen LogP contribution in [0, 0.1) is 6.92 Å². The lowest BCUT2D eigenvalue weighted by molar-refractivity contribution is 0.471. The van der Waals surface area contributed by atoms with Crippen molar-refractivity contribution in [3.8, 4) is 5.75 Å². The van der Waals surface area contributed by atoms with Crippen LogP contribution in [0.3, 0.4) is 0 Å². The van der Waals surface area contributed by atoms with E-state index in [-0.39, 0.29) is 0 Å². The summed E-state index contributed by atoms with van der Waals surface area (Å²) < 4.78 is 1.08. The van der Waals surface area contributed by atoms with Gasteiger partial charge in [0.25, 0.3) is 0 Å². The van der Waals surface area contributed by atoms with E-state index >= 15 is 0 Å². The first-order chi connectivity index (χ1) is 8.15. The van der Waals surface area contributed by atoms with Gasteiger partial charge in [0.05, 0.1) is 0 Å². The van der Waals surface area contributed by atoms with Crippen molar-refractivity contribution in [2.45, 2.75) is 13.5 Å². The third-order valence-corrected chi connectivity index (χ3v) is 3.15. The van der Waals surface area contributed by atoms with E-state index in [1.807, 2.05) is 31.2 Å². The molecule has 0 atom stereocenters. The van der Waals surface area contributed by atoms with Crippen LogP contribution in [-0.4, -0.2) is 5.11 Å². The van der Waals surface area contributed by atoms with Crippen molar-refractivity contribution in [2.24, 2.45) is 0 Å². The Balaban J connectivity index is 2.02. The number of hydrogen-bond donors (Lipinski definition) is 2. The van der Waals surface area contributed by atoms with Gasteiger partial charge in [-0.1, -0.05) is 34.1 Å². The smallest absolute Gasteiger partial charge is 0.120 e. The topological polar surface area (TPSA) is 32.3 Å². The Morgan fingerprint density at radius 3 is 2.47 bits per heavy atom. The first-order valence-electron chi connectivity index (χ1n) is 5.43. The fraction of sp³-hybridized carbons (Fsp3) is 0.143. The second-order valence-electron chi connectivity index (χ2n) is 3.98. The Kier molecular flexibility index (Phi) is 3.69. The molecule has 0 saturated heterocycles. The molecule has 88 valence electrons. The zero-order chi connectivity index (χ0) is 12.3. The van der Waals surface area contributed by atoms with Crippen LogP contribution in [0.1, 0.15) is 11.1 Å². The van der Waals surface area contributed by atoms with E-state index in [0.29, 0.717) is 5.75 Å². The van der Waals surface area contributed by atoms with Crippen molar-refractivity contribution in [2.75, 3.05) is 5.32 Å². The van der Waals surface area contributed by atoms with Crippen LogP contribution >= 0.6 is 15.9 Å². The molecule has 2 nitrogen and oxygen atoms in total. The van der Waals surface area contributed by atoms with Gasteiger partial charge in [-0.2, -0.15) is 0 Å². The summed E-state index contributed by atoms with van der Waals surface area (Å²) in [5.41, 5.74) is 3.02. The first-order valence-corrected chi connectivity index (χ1v) is 6.22. The minimum atomic E-state index is 0.325. The van der Waals surface area contributed by atoms with Crippen molar-refractivity contribution < 1.29 is 5.11 Å². The molecule has 0 radical (unpaired) electrons. The number of benzene rings is 2. The number of phenolic OH excluding ortho intramolecular Hbond substituents is 1. The van der Waals surface area contributed by atoms with E-state index < -0.39 is 0 Å². The average molecular weight is 292 g/mol. The van der Waals surface area contributed by atoms with E-state index in [2.05, 4.69) is 33.4 Å². The molecule has 0 aliphatic rings. The van der Waals surface area contributed by atoms with Crippen LogP contribution in [0.4, 0.5) is 5.69 Å². The van der Waals surface area contributed by atoms with E-state index in [4.69, 9.17) is 0 Å². The molecule has 0 aliphatic heterocycles. The van der Waals surface area contributed by atoms with Gasteiger partial charge in [-0.05, 0) is 36.2 Å².